The molecule has 4 radical (unpaired) electrons. The van der Waals surface area contributed by atoms with E-state index in [0.717, 1.165) is 5.92 Å². The van der Waals surface area contributed by atoms with E-state index in [1.807, 2.05) is 6.92 Å². The van der Waals surface area contributed by atoms with Crippen molar-refractivity contribution in [2.24, 2.45) is 0 Å². The van der Waals surface area contributed by atoms with Crippen molar-refractivity contribution in [1.29, 1.82) is 0 Å². The molecule has 0 aliphatic carbocycles. The molecule has 0 fully saturated rings. The summed E-state index contributed by atoms with van der Waals surface area (Å²) in [6.45, 7) is 19.1. The topological polar surface area (TPSA) is 79.9 Å². The quantitative estimate of drug-likeness (QED) is 0.438. The maximum Gasteiger partial charge on any atom is 0.0465 e. The molecule has 0 heterocycles. The maximum absolute atomic E-state index is 8.19. The summed E-state index contributed by atoms with van der Waals surface area (Å²) in [6.07, 6.45) is 3.43. The molecule has 14 heavy (non-hydrogen) atoms. The molecule has 0 aromatic rings. The molecule has 0 amide bonds. The van der Waals surface area contributed by atoms with E-state index in [1.165, 1.54) is 0 Å². The third-order valence-corrected chi connectivity index (χ3v) is 0.508. The molecule has 0 rings (SSSR count). The van der Waals surface area contributed by atoms with E-state index < -0.39 is 0 Å². The minimum atomic E-state index is 0. The van der Waals surface area contributed by atoms with Gasteiger partial charge in [-0.3, -0.25) is 0 Å². The van der Waals surface area contributed by atoms with Gasteiger partial charge in [0.2, 0.25) is 0 Å². The van der Waals surface area contributed by atoms with Crippen molar-refractivity contribution >= 4 is 0 Å². The zero-order valence-electron chi connectivity index (χ0n) is 7.59. The Labute approximate surface area is 95.7 Å². The first-order chi connectivity index (χ1) is 6.27. The Morgan fingerprint density at radius 3 is 1.57 bits per heavy atom. The zero-order valence-corrected chi connectivity index (χ0v) is 8.70. The van der Waals surface area contributed by atoms with Gasteiger partial charge in [0.05, 0.1) is 0 Å². The van der Waals surface area contributed by atoms with Crippen molar-refractivity contribution in [2.75, 3.05) is 6.61 Å². The van der Waals surface area contributed by atoms with Crippen molar-refractivity contribution < 1.29 is 36.1 Å². The summed E-state index contributed by atoms with van der Waals surface area (Å²) in [5.74, 6) is 0.967. The van der Waals surface area contributed by atoms with Gasteiger partial charge in [0, 0.05) is 23.7 Å². The molecule has 0 aromatic heterocycles. The monoisotopic (exact) mass is 238 g/mol. The summed E-state index contributed by atoms with van der Waals surface area (Å²) < 4.78 is 22.5. The van der Waals surface area contributed by atoms with Crippen LogP contribution in [0, 0.1) is 45.6 Å². The molecule has 5 heteroatoms. The van der Waals surface area contributed by atoms with E-state index in [-0.39, 0.29) is 23.7 Å². The molecule has 0 aromatic carbocycles. The smallest absolute Gasteiger partial charge is 0.0465 e. The number of hydrogen-bond acceptors (Lipinski definition) is 1. The van der Waals surface area contributed by atoms with Crippen molar-refractivity contribution in [3.8, 4) is 0 Å². The predicted molar refractivity (Wildman–Crippen MR) is 41.7 cm³/mol. The van der Waals surface area contributed by atoms with Crippen LogP contribution in [0.4, 0.5) is 0 Å². The van der Waals surface area contributed by atoms with Gasteiger partial charge in [-0.2, -0.15) is 0 Å². The second-order valence-electron chi connectivity index (χ2n) is 1.43. The molecule has 0 bridgehead atoms. The van der Waals surface area contributed by atoms with E-state index in [9.17, 15) is 0 Å². The maximum atomic E-state index is 8.19. The van der Waals surface area contributed by atoms with Crippen LogP contribution in [-0.4, -0.2) is 11.7 Å². The van der Waals surface area contributed by atoms with Gasteiger partial charge in [0.1, 0.15) is 0 Å². The van der Waals surface area contributed by atoms with Crippen molar-refractivity contribution in [1.82, 2.24) is 0 Å². The Morgan fingerprint density at radius 2 is 1.50 bits per heavy atom. The van der Waals surface area contributed by atoms with Crippen LogP contribution in [0.5, 0.6) is 0 Å². The van der Waals surface area contributed by atoms with Crippen LogP contribution < -0.4 is 0 Å². The third-order valence-electron chi connectivity index (χ3n) is 0.508. The summed E-state index contributed by atoms with van der Waals surface area (Å²) in [6, 6.07) is 0. The standard InChI is InChI=1S/C6H10O.3CO.Fe/c1-6(2)4-3-5-7;3*1-2;/h3-4,7H,1,5H2,2H3;;;;. The molecule has 0 unspecified atom stereocenters. The van der Waals surface area contributed by atoms with Crippen molar-refractivity contribution in [3.05, 3.63) is 45.6 Å². The second kappa shape index (κ2) is 53.5. The molecule has 0 spiro atoms. The van der Waals surface area contributed by atoms with E-state index in [0.29, 0.717) is 0 Å². The predicted octanol–water partition coefficient (Wildman–Crippen LogP) is 0.701. The van der Waals surface area contributed by atoms with E-state index in [4.69, 9.17) is 19.1 Å². The van der Waals surface area contributed by atoms with Crippen LogP contribution in [0.2, 0.25) is 0 Å². The first kappa shape index (κ1) is 29.2. The summed E-state index contributed by atoms with van der Waals surface area (Å²) in [4.78, 5) is 0. The fourth-order valence-corrected chi connectivity index (χ4v) is 0.254. The van der Waals surface area contributed by atoms with Crippen LogP contribution in [0.1, 0.15) is 6.92 Å². The van der Waals surface area contributed by atoms with Crippen LogP contribution in [0.3, 0.4) is 0 Å². The van der Waals surface area contributed by atoms with Gasteiger partial charge in [-0.15, -0.1) is 0 Å². The molecule has 78 valence electrons. The van der Waals surface area contributed by atoms with Gasteiger partial charge in [-0.05, 0) is 25.7 Å². The SMILES string of the molecule is [C-]#[O+].[C-]#[O+].[C-]#[O+].[CH2][C](C)[CH][CH]CO.[Fe]. The average Bonchev–Trinajstić information content (AvgIpc) is 2.24. The Hall–Kier alpha value is -0.301. The third kappa shape index (κ3) is 97.9. The number of hydrogen-bond donors (Lipinski definition) is 1. The van der Waals surface area contributed by atoms with Gasteiger partial charge >= 0.3 is 33.9 Å². The summed E-state index contributed by atoms with van der Waals surface area (Å²) in [5, 5.41) is 8.19. The summed E-state index contributed by atoms with van der Waals surface area (Å²) in [5.41, 5.74) is 0. The average molecular weight is 238 g/mol. The Balaban J connectivity index is -0.0000000332. The van der Waals surface area contributed by atoms with E-state index >= 15 is 0 Å². The minimum absolute atomic E-state index is 0. The zero-order chi connectivity index (χ0) is 11.7. The Morgan fingerprint density at radius 1 is 1.21 bits per heavy atom. The Kier molecular flexibility index (Phi) is 112. The van der Waals surface area contributed by atoms with Crippen LogP contribution >= 0.6 is 0 Å². The minimum Gasteiger partial charge on any atom is -0.396 e. The van der Waals surface area contributed by atoms with E-state index in [1.54, 1.807) is 12.8 Å². The Bertz CT molecular complexity index is 103. The molecule has 1 N–H and O–H groups in total. The molecule has 0 atom stereocenters. The molecule has 0 saturated heterocycles. The molecule has 4 nitrogen and oxygen atoms in total. The van der Waals surface area contributed by atoms with Crippen LogP contribution in [0.15, 0.2) is 0 Å². The first-order valence-electron chi connectivity index (χ1n) is 2.81. The number of aliphatic hydroxyl groups is 1. The fourth-order valence-electron chi connectivity index (χ4n) is 0.254. The van der Waals surface area contributed by atoms with Gasteiger partial charge in [-0.25, -0.2) is 0 Å². The first-order valence-corrected chi connectivity index (χ1v) is 2.81. The van der Waals surface area contributed by atoms with Crippen molar-refractivity contribution in [2.45, 2.75) is 6.92 Å². The largest absolute Gasteiger partial charge is 0.396 e. The molecule has 0 aliphatic rings. The van der Waals surface area contributed by atoms with E-state index in [2.05, 4.69) is 26.9 Å². The molecular weight excluding hydrogens is 228 g/mol. The summed E-state index contributed by atoms with van der Waals surface area (Å²) in [7, 11) is 0. The molecular formula is C9H10FeO4. The van der Waals surface area contributed by atoms with Gasteiger partial charge in [0.25, 0.3) is 0 Å². The van der Waals surface area contributed by atoms with Crippen molar-refractivity contribution in [3.63, 3.8) is 0 Å². The number of aliphatic hydroxyl groups excluding tert-OH is 1. The second-order valence-corrected chi connectivity index (χ2v) is 1.43. The number of rotatable bonds is 3. The normalized spacial score (nSPS) is 5.57. The van der Waals surface area contributed by atoms with Crippen LogP contribution in [-0.2, 0) is 31.0 Å². The van der Waals surface area contributed by atoms with Gasteiger partial charge in [0.15, 0.2) is 0 Å². The molecule has 0 saturated carbocycles. The van der Waals surface area contributed by atoms with Crippen LogP contribution in [0.25, 0.3) is 0 Å². The van der Waals surface area contributed by atoms with Gasteiger partial charge in [-0.1, -0.05) is 6.92 Å². The fraction of sp³-hybridized carbons (Fsp3) is 0.222. The van der Waals surface area contributed by atoms with Gasteiger partial charge < -0.3 is 5.11 Å². The summed E-state index contributed by atoms with van der Waals surface area (Å²) >= 11 is 0. The molecule has 0 aliphatic heterocycles.